The highest BCUT2D eigenvalue weighted by molar-refractivity contribution is 5.79. The Balaban J connectivity index is 1.48. The smallest absolute Gasteiger partial charge is 0.226 e. The molecular weight excluding hydrogens is 260 g/mol. The quantitative estimate of drug-likeness (QED) is 0.862. The molecule has 3 aliphatic rings. The van der Waals surface area contributed by atoms with E-state index >= 15 is 0 Å². The first-order valence-corrected chi connectivity index (χ1v) is 9.36. The lowest BCUT2D eigenvalue weighted by atomic mass is 9.85. The maximum absolute atomic E-state index is 12.8. The molecule has 3 fully saturated rings. The number of likely N-dealkylation sites (tertiary alicyclic amines) is 1. The highest BCUT2D eigenvalue weighted by Crippen LogP contribution is 2.31. The average molecular weight is 292 g/mol. The van der Waals surface area contributed by atoms with Gasteiger partial charge in [0, 0.05) is 18.5 Å². The fourth-order valence-corrected chi connectivity index (χ4v) is 4.63. The van der Waals surface area contributed by atoms with Crippen molar-refractivity contribution in [3.63, 3.8) is 0 Å². The minimum Gasteiger partial charge on any atom is -0.339 e. The van der Waals surface area contributed by atoms with Crippen molar-refractivity contribution in [3.05, 3.63) is 0 Å². The highest BCUT2D eigenvalue weighted by atomic mass is 16.2. The average Bonchev–Trinajstić information content (AvgIpc) is 3.02. The van der Waals surface area contributed by atoms with Crippen LogP contribution in [0.25, 0.3) is 0 Å². The van der Waals surface area contributed by atoms with E-state index in [9.17, 15) is 4.79 Å². The molecule has 0 spiro atoms. The molecule has 3 heteroatoms. The van der Waals surface area contributed by atoms with Gasteiger partial charge in [-0.05, 0) is 57.5 Å². The van der Waals surface area contributed by atoms with E-state index in [0.29, 0.717) is 17.9 Å². The lowest BCUT2D eigenvalue weighted by Gasteiger charge is -2.32. The van der Waals surface area contributed by atoms with Crippen molar-refractivity contribution in [3.8, 4) is 0 Å². The second-order valence-corrected chi connectivity index (χ2v) is 7.43. The van der Waals surface area contributed by atoms with Crippen LogP contribution in [0.2, 0.25) is 0 Å². The lowest BCUT2D eigenvalue weighted by molar-refractivity contribution is -0.137. The molecule has 120 valence electrons. The van der Waals surface area contributed by atoms with Gasteiger partial charge in [0.1, 0.15) is 0 Å². The second kappa shape index (κ2) is 7.62. The number of piperidine rings is 1. The van der Waals surface area contributed by atoms with Crippen molar-refractivity contribution in [1.29, 1.82) is 0 Å². The fraction of sp³-hybridized carbons (Fsp3) is 0.944. The summed E-state index contributed by atoms with van der Waals surface area (Å²) in [4.78, 5) is 15.0. The zero-order valence-corrected chi connectivity index (χ0v) is 13.5. The zero-order chi connectivity index (χ0) is 14.5. The summed E-state index contributed by atoms with van der Waals surface area (Å²) in [5.41, 5.74) is 0. The molecule has 0 aromatic rings. The van der Waals surface area contributed by atoms with Gasteiger partial charge in [0.05, 0.1) is 0 Å². The molecule has 1 unspecified atom stereocenters. The first-order chi connectivity index (χ1) is 10.3. The van der Waals surface area contributed by atoms with Crippen LogP contribution >= 0.6 is 0 Å². The number of nitrogens with zero attached hydrogens (tertiary/aromatic N) is 1. The van der Waals surface area contributed by atoms with Crippen LogP contribution in [0.15, 0.2) is 0 Å². The summed E-state index contributed by atoms with van der Waals surface area (Å²) in [7, 11) is 0. The number of hydrogen-bond donors (Lipinski definition) is 1. The topological polar surface area (TPSA) is 32.3 Å². The van der Waals surface area contributed by atoms with Crippen LogP contribution < -0.4 is 5.32 Å². The molecule has 1 aliphatic carbocycles. The normalized spacial score (nSPS) is 29.0. The third kappa shape index (κ3) is 4.00. The highest BCUT2D eigenvalue weighted by Gasteiger charge is 2.33. The first-order valence-electron chi connectivity index (χ1n) is 9.36. The predicted octanol–water partition coefficient (Wildman–Crippen LogP) is 3.34. The number of amides is 1. The Labute approximate surface area is 129 Å². The van der Waals surface area contributed by atoms with E-state index in [4.69, 9.17) is 0 Å². The van der Waals surface area contributed by atoms with Crippen molar-refractivity contribution in [2.45, 2.75) is 76.7 Å². The summed E-state index contributed by atoms with van der Waals surface area (Å²) in [5, 5.41) is 3.37. The summed E-state index contributed by atoms with van der Waals surface area (Å²) < 4.78 is 0. The minimum absolute atomic E-state index is 0.307. The zero-order valence-electron chi connectivity index (χ0n) is 13.5. The van der Waals surface area contributed by atoms with Gasteiger partial charge < -0.3 is 10.2 Å². The summed E-state index contributed by atoms with van der Waals surface area (Å²) >= 11 is 0. The lowest BCUT2D eigenvalue weighted by Crippen LogP contribution is -2.43. The van der Waals surface area contributed by atoms with Crippen LogP contribution in [0, 0.1) is 11.8 Å². The number of nitrogens with one attached hydrogen (secondary N) is 1. The van der Waals surface area contributed by atoms with Crippen molar-refractivity contribution < 1.29 is 4.79 Å². The molecule has 1 N–H and O–H groups in total. The summed E-state index contributed by atoms with van der Waals surface area (Å²) in [6.45, 7) is 3.08. The molecule has 3 nitrogen and oxygen atoms in total. The molecule has 1 saturated carbocycles. The Hall–Kier alpha value is -0.570. The molecule has 21 heavy (non-hydrogen) atoms. The number of carbonyl (C=O) groups excluding carboxylic acids is 1. The Morgan fingerprint density at radius 2 is 1.67 bits per heavy atom. The minimum atomic E-state index is 0.307. The van der Waals surface area contributed by atoms with Crippen molar-refractivity contribution in [2.75, 3.05) is 19.6 Å². The summed E-state index contributed by atoms with van der Waals surface area (Å²) in [5.74, 6) is 1.74. The summed E-state index contributed by atoms with van der Waals surface area (Å²) in [6.07, 6.45) is 14.4. The van der Waals surface area contributed by atoms with E-state index in [1.807, 2.05) is 0 Å². The molecule has 0 bridgehead atoms. The van der Waals surface area contributed by atoms with Crippen LogP contribution in [-0.4, -0.2) is 36.5 Å². The standard InChI is InChI=1S/C18H32N2O/c21-18(16-10-12-19-13-11-16)20-14-4-7-17(20)9-8-15-5-2-1-3-6-15/h15-17,19H,1-14H2. The number of rotatable bonds is 4. The van der Waals surface area contributed by atoms with Crippen LogP contribution in [0.5, 0.6) is 0 Å². The SMILES string of the molecule is O=C(C1CCNCC1)N1CCCC1CCC1CCCCC1. The van der Waals surface area contributed by atoms with Gasteiger partial charge in [-0.1, -0.05) is 32.1 Å². The van der Waals surface area contributed by atoms with Crippen LogP contribution in [0.3, 0.4) is 0 Å². The van der Waals surface area contributed by atoms with Crippen molar-refractivity contribution >= 4 is 5.91 Å². The third-order valence-electron chi connectivity index (χ3n) is 5.98. The van der Waals surface area contributed by atoms with E-state index < -0.39 is 0 Å². The van der Waals surface area contributed by atoms with E-state index in [-0.39, 0.29) is 0 Å². The Morgan fingerprint density at radius 1 is 0.905 bits per heavy atom. The van der Waals surface area contributed by atoms with Gasteiger partial charge in [0.15, 0.2) is 0 Å². The molecule has 3 rings (SSSR count). The molecular formula is C18H32N2O. The van der Waals surface area contributed by atoms with Crippen LogP contribution in [-0.2, 0) is 4.79 Å². The second-order valence-electron chi connectivity index (χ2n) is 7.43. The van der Waals surface area contributed by atoms with E-state index in [1.165, 1.54) is 57.8 Å². The maximum Gasteiger partial charge on any atom is 0.226 e. The van der Waals surface area contributed by atoms with Crippen molar-refractivity contribution in [1.82, 2.24) is 10.2 Å². The van der Waals surface area contributed by atoms with E-state index in [0.717, 1.165) is 38.4 Å². The number of hydrogen-bond acceptors (Lipinski definition) is 2. The van der Waals surface area contributed by atoms with Gasteiger partial charge in [-0.15, -0.1) is 0 Å². The Bertz CT molecular complexity index is 332. The van der Waals surface area contributed by atoms with Gasteiger partial charge in [-0.2, -0.15) is 0 Å². The maximum atomic E-state index is 12.8. The van der Waals surface area contributed by atoms with Gasteiger partial charge in [-0.3, -0.25) is 4.79 Å². The van der Waals surface area contributed by atoms with Crippen molar-refractivity contribution in [2.24, 2.45) is 11.8 Å². The van der Waals surface area contributed by atoms with E-state index in [1.54, 1.807) is 0 Å². The molecule has 1 amide bonds. The molecule has 0 aromatic carbocycles. The number of carbonyl (C=O) groups is 1. The fourth-order valence-electron chi connectivity index (χ4n) is 4.63. The van der Waals surface area contributed by atoms with Gasteiger partial charge in [0.2, 0.25) is 5.91 Å². The van der Waals surface area contributed by atoms with E-state index in [2.05, 4.69) is 10.2 Å². The first kappa shape index (κ1) is 15.3. The Kier molecular flexibility index (Phi) is 5.56. The molecule has 2 heterocycles. The third-order valence-corrected chi connectivity index (χ3v) is 5.98. The monoisotopic (exact) mass is 292 g/mol. The van der Waals surface area contributed by atoms with Gasteiger partial charge in [-0.25, -0.2) is 0 Å². The van der Waals surface area contributed by atoms with Crippen LogP contribution in [0.1, 0.15) is 70.6 Å². The Morgan fingerprint density at radius 3 is 2.43 bits per heavy atom. The largest absolute Gasteiger partial charge is 0.339 e. The molecule has 0 radical (unpaired) electrons. The predicted molar refractivity (Wildman–Crippen MR) is 86.1 cm³/mol. The van der Waals surface area contributed by atoms with Gasteiger partial charge >= 0.3 is 0 Å². The molecule has 1 atom stereocenters. The molecule has 2 aliphatic heterocycles. The molecule has 2 saturated heterocycles. The van der Waals surface area contributed by atoms with Crippen LogP contribution in [0.4, 0.5) is 0 Å². The summed E-state index contributed by atoms with van der Waals surface area (Å²) in [6, 6.07) is 0.564. The van der Waals surface area contributed by atoms with Gasteiger partial charge in [0.25, 0.3) is 0 Å². The molecule has 0 aromatic heterocycles.